The van der Waals surface area contributed by atoms with E-state index in [2.05, 4.69) is 29.4 Å². The largest absolute Gasteiger partial charge is 0.461 e. The van der Waals surface area contributed by atoms with Crippen LogP contribution in [0.3, 0.4) is 0 Å². The number of carbonyl (C=O) groups is 2. The van der Waals surface area contributed by atoms with Gasteiger partial charge in [0.25, 0.3) is 0 Å². The van der Waals surface area contributed by atoms with E-state index < -0.39 is 5.97 Å². The van der Waals surface area contributed by atoms with Crippen molar-refractivity contribution < 1.29 is 14.3 Å². The first-order valence-electron chi connectivity index (χ1n) is 6.61. The van der Waals surface area contributed by atoms with Gasteiger partial charge in [-0.1, -0.05) is 19.1 Å². The third kappa shape index (κ3) is 3.90. The lowest BCUT2D eigenvalue weighted by Gasteiger charge is -2.24. The van der Waals surface area contributed by atoms with E-state index in [1.807, 2.05) is 0 Å². The lowest BCUT2D eigenvalue weighted by atomic mass is 9.85. The Morgan fingerprint density at radius 2 is 2.20 bits per heavy atom. The van der Waals surface area contributed by atoms with Crippen LogP contribution in [0.1, 0.15) is 37.2 Å². The molecular weight excluding hydrogens is 276 g/mol. The molecule has 0 aromatic carbocycles. The molecule has 0 unspecified atom stereocenters. The van der Waals surface area contributed by atoms with Crippen molar-refractivity contribution in [3.05, 3.63) is 23.2 Å². The highest BCUT2D eigenvalue weighted by molar-refractivity contribution is 7.14. The van der Waals surface area contributed by atoms with Crippen LogP contribution in [-0.4, -0.2) is 23.5 Å². The smallest absolute Gasteiger partial charge is 0.357 e. The summed E-state index contributed by atoms with van der Waals surface area (Å²) in [5.74, 6) is 0.261. The molecule has 1 aliphatic rings. The first kappa shape index (κ1) is 14.7. The van der Waals surface area contributed by atoms with Crippen LogP contribution in [0.2, 0.25) is 0 Å². The number of carbonyl (C=O) groups excluding carboxylic acids is 2. The molecule has 0 fully saturated rings. The zero-order valence-corrected chi connectivity index (χ0v) is 12.4. The Kier molecular flexibility index (Phi) is 4.89. The number of rotatable bonds is 4. The topological polar surface area (TPSA) is 68.3 Å². The van der Waals surface area contributed by atoms with E-state index >= 15 is 0 Å². The SMILES string of the molecule is CC(=O)Nc1nc(C(=O)OC[C@@H]2CC=CC[C@H]2C)cs1. The van der Waals surface area contributed by atoms with E-state index in [1.165, 1.54) is 18.3 Å². The number of nitrogens with one attached hydrogen (secondary N) is 1. The van der Waals surface area contributed by atoms with Gasteiger partial charge in [-0.2, -0.15) is 0 Å². The van der Waals surface area contributed by atoms with Gasteiger partial charge in [0.1, 0.15) is 0 Å². The minimum atomic E-state index is -0.431. The summed E-state index contributed by atoms with van der Waals surface area (Å²) in [5, 5.41) is 4.55. The molecule has 1 N–H and O–H groups in total. The van der Waals surface area contributed by atoms with Gasteiger partial charge in [0.05, 0.1) is 6.61 Å². The number of aromatic nitrogens is 1. The summed E-state index contributed by atoms with van der Waals surface area (Å²) in [5.41, 5.74) is 0.248. The number of amides is 1. The van der Waals surface area contributed by atoms with E-state index in [0.29, 0.717) is 23.6 Å². The average molecular weight is 294 g/mol. The first-order valence-corrected chi connectivity index (χ1v) is 7.49. The van der Waals surface area contributed by atoms with Crippen molar-refractivity contribution in [1.82, 2.24) is 4.98 Å². The summed E-state index contributed by atoms with van der Waals surface area (Å²) in [7, 11) is 0. The Labute approximate surface area is 122 Å². The summed E-state index contributed by atoms with van der Waals surface area (Å²) in [6.45, 7) is 3.98. The molecule has 20 heavy (non-hydrogen) atoms. The standard InChI is InChI=1S/C14H18N2O3S/c1-9-5-3-4-6-11(9)7-19-13(18)12-8-20-14(16-12)15-10(2)17/h3-4,8-9,11H,5-7H2,1-2H3,(H,15,16,17)/t9-,11+/m1/s1. The predicted molar refractivity (Wildman–Crippen MR) is 77.7 cm³/mol. The highest BCUT2D eigenvalue weighted by Crippen LogP contribution is 2.25. The molecule has 0 saturated heterocycles. The first-order chi connectivity index (χ1) is 9.56. The molecule has 0 saturated carbocycles. The van der Waals surface area contributed by atoms with E-state index in [1.54, 1.807) is 5.38 Å². The molecule has 6 heteroatoms. The maximum Gasteiger partial charge on any atom is 0.357 e. The van der Waals surface area contributed by atoms with Crippen LogP contribution in [0, 0.1) is 11.8 Å². The highest BCUT2D eigenvalue weighted by Gasteiger charge is 2.21. The van der Waals surface area contributed by atoms with Gasteiger partial charge in [-0.3, -0.25) is 4.79 Å². The van der Waals surface area contributed by atoms with Gasteiger partial charge < -0.3 is 10.1 Å². The van der Waals surface area contributed by atoms with Crippen LogP contribution < -0.4 is 5.32 Å². The normalized spacial score (nSPS) is 21.5. The van der Waals surface area contributed by atoms with Crippen LogP contribution >= 0.6 is 11.3 Å². The number of esters is 1. The summed E-state index contributed by atoms with van der Waals surface area (Å²) in [6, 6.07) is 0. The Bertz CT molecular complexity index is 524. The van der Waals surface area contributed by atoms with Gasteiger partial charge in [0, 0.05) is 12.3 Å². The second-order valence-electron chi connectivity index (χ2n) is 5.00. The zero-order chi connectivity index (χ0) is 14.5. The predicted octanol–water partition coefficient (Wildman–Crippen LogP) is 2.86. The fraction of sp³-hybridized carbons (Fsp3) is 0.500. The van der Waals surface area contributed by atoms with Gasteiger partial charge in [0.2, 0.25) is 5.91 Å². The highest BCUT2D eigenvalue weighted by atomic mass is 32.1. The molecule has 0 bridgehead atoms. The van der Waals surface area contributed by atoms with Crippen LogP contribution in [0.15, 0.2) is 17.5 Å². The molecule has 5 nitrogen and oxygen atoms in total. The molecule has 1 aromatic rings. The third-order valence-corrected chi connectivity index (χ3v) is 4.10. The molecule has 2 rings (SSSR count). The minimum Gasteiger partial charge on any atom is -0.461 e. The number of nitrogens with zero attached hydrogens (tertiary/aromatic N) is 1. The average Bonchev–Trinajstić information content (AvgIpc) is 2.85. The van der Waals surface area contributed by atoms with Crippen molar-refractivity contribution in [1.29, 1.82) is 0 Å². The van der Waals surface area contributed by atoms with E-state index in [9.17, 15) is 9.59 Å². The van der Waals surface area contributed by atoms with Gasteiger partial charge in [-0.05, 0) is 24.7 Å². The molecule has 1 amide bonds. The van der Waals surface area contributed by atoms with Crippen LogP contribution in [0.25, 0.3) is 0 Å². The molecule has 2 atom stereocenters. The molecule has 1 aromatic heterocycles. The van der Waals surface area contributed by atoms with Gasteiger partial charge >= 0.3 is 5.97 Å². The zero-order valence-electron chi connectivity index (χ0n) is 11.6. The molecule has 0 aliphatic heterocycles. The Morgan fingerprint density at radius 1 is 1.45 bits per heavy atom. The summed E-state index contributed by atoms with van der Waals surface area (Å²) in [4.78, 5) is 26.8. The number of allylic oxidation sites excluding steroid dienone is 2. The van der Waals surface area contributed by atoms with Crippen LogP contribution in [0.4, 0.5) is 5.13 Å². The van der Waals surface area contributed by atoms with Crippen molar-refractivity contribution in [2.24, 2.45) is 11.8 Å². The summed E-state index contributed by atoms with van der Waals surface area (Å²) >= 11 is 1.21. The van der Waals surface area contributed by atoms with Gasteiger partial charge in [-0.25, -0.2) is 9.78 Å². The second-order valence-corrected chi connectivity index (χ2v) is 5.86. The molecular formula is C14H18N2O3S. The second kappa shape index (κ2) is 6.65. The summed E-state index contributed by atoms with van der Waals surface area (Å²) in [6.07, 6.45) is 6.29. The Balaban J connectivity index is 1.86. The maximum atomic E-state index is 11.9. The van der Waals surface area contributed by atoms with Gasteiger partial charge in [-0.15, -0.1) is 11.3 Å². The number of hydrogen-bond acceptors (Lipinski definition) is 5. The van der Waals surface area contributed by atoms with Gasteiger partial charge in [0.15, 0.2) is 10.8 Å². The molecule has 1 aliphatic carbocycles. The van der Waals surface area contributed by atoms with Crippen molar-refractivity contribution in [2.75, 3.05) is 11.9 Å². The van der Waals surface area contributed by atoms with Crippen molar-refractivity contribution in [2.45, 2.75) is 26.7 Å². The fourth-order valence-electron chi connectivity index (χ4n) is 2.07. The summed E-state index contributed by atoms with van der Waals surface area (Å²) < 4.78 is 5.31. The molecule has 0 radical (unpaired) electrons. The van der Waals surface area contributed by atoms with Crippen LogP contribution in [-0.2, 0) is 9.53 Å². The van der Waals surface area contributed by atoms with Crippen molar-refractivity contribution in [3.63, 3.8) is 0 Å². The number of anilines is 1. The third-order valence-electron chi connectivity index (χ3n) is 3.34. The van der Waals surface area contributed by atoms with E-state index in [-0.39, 0.29) is 11.6 Å². The molecule has 1 heterocycles. The lowest BCUT2D eigenvalue weighted by molar-refractivity contribution is -0.114. The molecule has 108 valence electrons. The fourth-order valence-corrected chi connectivity index (χ4v) is 2.80. The number of hydrogen-bond donors (Lipinski definition) is 1. The Hall–Kier alpha value is -1.69. The van der Waals surface area contributed by atoms with Crippen molar-refractivity contribution in [3.8, 4) is 0 Å². The van der Waals surface area contributed by atoms with Crippen molar-refractivity contribution >= 4 is 28.3 Å². The molecule has 0 spiro atoms. The maximum absolute atomic E-state index is 11.9. The minimum absolute atomic E-state index is 0.206. The van der Waals surface area contributed by atoms with Crippen LogP contribution in [0.5, 0.6) is 0 Å². The number of ether oxygens (including phenoxy) is 1. The van der Waals surface area contributed by atoms with E-state index in [4.69, 9.17) is 4.74 Å². The quantitative estimate of drug-likeness (QED) is 0.685. The monoisotopic (exact) mass is 294 g/mol. The number of thiazole rings is 1. The Morgan fingerprint density at radius 3 is 2.90 bits per heavy atom. The lowest BCUT2D eigenvalue weighted by Crippen LogP contribution is -2.21. The van der Waals surface area contributed by atoms with E-state index in [0.717, 1.165) is 12.8 Å².